The quantitative estimate of drug-likeness (QED) is 0.661. The van der Waals surface area contributed by atoms with Gasteiger partial charge in [0, 0.05) is 27.2 Å². The van der Waals surface area contributed by atoms with Crippen LogP contribution in [0.1, 0.15) is 24.2 Å². The van der Waals surface area contributed by atoms with E-state index in [0.717, 1.165) is 31.5 Å². The normalized spacial score (nSPS) is 13.1. The van der Waals surface area contributed by atoms with Gasteiger partial charge in [-0.2, -0.15) is 15.0 Å². The molecule has 1 fully saturated rings. The molecule has 3 rings (SSSR count). The molecule has 10 nitrogen and oxygen atoms in total. The average molecular weight is 413 g/mol. The maximum atomic E-state index is 12.1. The van der Waals surface area contributed by atoms with Crippen LogP contribution < -0.4 is 20.4 Å². The molecule has 0 radical (unpaired) electrons. The Kier molecular flexibility index (Phi) is 7.36. The number of hydrogen-bond acceptors (Lipinski definition) is 8. The van der Waals surface area contributed by atoms with E-state index in [4.69, 9.17) is 4.74 Å². The predicted octanol–water partition coefficient (Wildman–Crippen LogP) is 1.08. The van der Waals surface area contributed by atoms with Crippen molar-refractivity contribution in [3.63, 3.8) is 0 Å². The van der Waals surface area contributed by atoms with Crippen molar-refractivity contribution >= 4 is 23.9 Å². The Morgan fingerprint density at radius 3 is 2.50 bits per heavy atom. The summed E-state index contributed by atoms with van der Waals surface area (Å²) in [6.07, 6.45) is 1.57. The van der Waals surface area contributed by atoms with Crippen LogP contribution in [0.15, 0.2) is 30.3 Å². The van der Waals surface area contributed by atoms with Crippen LogP contribution in [0.5, 0.6) is 0 Å². The molecule has 1 aliphatic rings. The monoisotopic (exact) mass is 413 g/mol. The summed E-state index contributed by atoms with van der Waals surface area (Å²) < 4.78 is 5.08. The molecule has 2 amide bonds. The van der Waals surface area contributed by atoms with Crippen LogP contribution in [-0.4, -0.2) is 60.7 Å². The maximum Gasteiger partial charge on any atom is 0.407 e. The minimum absolute atomic E-state index is 0.143. The lowest BCUT2D eigenvalue weighted by molar-refractivity contribution is -0.120. The number of rotatable bonds is 8. The number of amides is 2. The van der Waals surface area contributed by atoms with E-state index < -0.39 is 6.09 Å². The molecule has 1 aliphatic heterocycles. The molecule has 10 heteroatoms. The van der Waals surface area contributed by atoms with E-state index >= 15 is 0 Å². The van der Waals surface area contributed by atoms with Crippen molar-refractivity contribution in [2.45, 2.75) is 26.0 Å². The van der Waals surface area contributed by atoms with E-state index in [2.05, 4.69) is 30.5 Å². The van der Waals surface area contributed by atoms with Crippen molar-refractivity contribution in [1.82, 2.24) is 25.6 Å². The van der Waals surface area contributed by atoms with E-state index in [-0.39, 0.29) is 25.6 Å². The average Bonchev–Trinajstić information content (AvgIpc) is 3.30. The third kappa shape index (κ3) is 6.29. The first-order valence-electron chi connectivity index (χ1n) is 9.90. The number of carbonyl (C=O) groups excluding carboxylic acids is 2. The zero-order valence-corrected chi connectivity index (χ0v) is 17.3. The molecule has 2 heterocycles. The number of alkyl carbamates (subject to hydrolysis) is 1. The van der Waals surface area contributed by atoms with Crippen LogP contribution in [0.3, 0.4) is 0 Å². The second-order valence-electron chi connectivity index (χ2n) is 7.13. The summed E-state index contributed by atoms with van der Waals surface area (Å²) in [7, 11) is 3.72. The third-order valence-electron chi connectivity index (χ3n) is 4.50. The summed E-state index contributed by atoms with van der Waals surface area (Å²) in [4.78, 5) is 41.1. The van der Waals surface area contributed by atoms with E-state index in [0.29, 0.717) is 17.7 Å². The van der Waals surface area contributed by atoms with Gasteiger partial charge in [-0.3, -0.25) is 4.79 Å². The van der Waals surface area contributed by atoms with Gasteiger partial charge in [0.05, 0.1) is 6.54 Å². The Morgan fingerprint density at radius 1 is 1.07 bits per heavy atom. The smallest absolute Gasteiger partial charge is 0.407 e. The number of nitrogens with zero attached hydrogens (tertiary/aromatic N) is 5. The molecule has 160 valence electrons. The molecule has 2 N–H and O–H groups in total. The molecular weight excluding hydrogens is 386 g/mol. The fraction of sp³-hybridized carbons (Fsp3) is 0.450. The minimum atomic E-state index is -0.652. The van der Waals surface area contributed by atoms with Gasteiger partial charge in [0.1, 0.15) is 13.2 Å². The van der Waals surface area contributed by atoms with Gasteiger partial charge in [0.25, 0.3) is 0 Å². The van der Waals surface area contributed by atoms with Gasteiger partial charge in [0.2, 0.25) is 17.8 Å². The van der Waals surface area contributed by atoms with Crippen molar-refractivity contribution in [1.29, 1.82) is 0 Å². The summed E-state index contributed by atoms with van der Waals surface area (Å²) in [5.74, 6) is 1.27. The van der Waals surface area contributed by atoms with Crippen molar-refractivity contribution < 1.29 is 14.3 Å². The molecular formula is C20H27N7O3. The van der Waals surface area contributed by atoms with Crippen LogP contribution >= 0.6 is 0 Å². The second kappa shape index (κ2) is 10.4. The standard InChI is InChI=1S/C20H27N7O3/c1-26(2)18-23-16(24-19(25-18)27-10-6-7-11-27)12-21-17(28)13-22-20(29)30-14-15-8-4-3-5-9-15/h3-5,8-9H,6-7,10-14H2,1-2H3,(H,21,28)(H,22,29). The summed E-state index contributed by atoms with van der Waals surface area (Å²) in [6.45, 7) is 1.92. The first kappa shape index (κ1) is 21.3. The lowest BCUT2D eigenvalue weighted by Gasteiger charge is -2.19. The van der Waals surface area contributed by atoms with Gasteiger partial charge in [-0.25, -0.2) is 4.79 Å². The van der Waals surface area contributed by atoms with Crippen LogP contribution in [0.25, 0.3) is 0 Å². The number of hydrogen-bond donors (Lipinski definition) is 2. The highest BCUT2D eigenvalue weighted by Gasteiger charge is 2.18. The highest BCUT2D eigenvalue weighted by molar-refractivity contribution is 5.82. The summed E-state index contributed by atoms with van der Waals surface area (Å²) >= 11 is 0. The lowest BCUT2D eigenvalue weighted by Crippen LogP contribution is -2.37. The SMILES string of the molecule is CN(C)c1nc(CNC(=O)CNC(=O)OCc2ccccc2)nc(N2CCCC2)n1. The Morgan fingerprint density at radius 2 is 1.80 bits per heavy atom. The Balaban J connectivity index is 1.47. The number of ether oxygens (including phenoxy) is 1. The second-order valence-corrected chi connectivity index (χ2v) is 7.13. The van der Waals surface area contributed by atoms with E-state index in [1.54, 1.807) is 4.90 Å². The van der Waals surface area contributed by atoms with Gasteiger partial charge in [-0.1, -0.05) is 30.3 Å². The number of aromatic nitrogens is 3. The molecule has 1 aromatic carbocycles. The summed E-state index contributed by atoms with van der Waals surface area (Å²) in [5.41, 5.74) is 0.873. The van der Waals surface area contributed by atoms with Crippen molar-refractivity contribution in [3.8, 4) is 0 Å². The fourth-order valence-corrected chi connectivity index (χ4v) is 2.90. The molecule has 1 aromatic heterocycles. The molecule has 0 bridgehead atoms. The minimum Gasteiger partial charge on any atom is -0.445 e. The molecule has 30 heavy (non-hydrogen) atoms. The number of anilines is 2. The largest absolute Gasteiger partial charge is 0.445 e. The van der Waals surface area contributed by atoms with Gasteiger partial charge in [-0.15, -0.1) is 0 Å². The van der Waals surface area contributed by atoms with Crippen LogP contribution in [0.2, 0.25) is 0 Å². The highest BCUT2D eigenvalue weighted by atomic mass is 16.5. The van der Waals surface area contributed by atoms with Gasteiger partial charge in [0.15, 0.2) is 5.82 Å². The molecule has 0 spiro atoms. The van der Waals surface area contributed by atoms with E-state index in [1.807, 2.05) is 44.4 Å². The van der Waals surface area contributed by atoms with Gasteiger partial charge in [-0.05, 0) is 18.4 Å². The molecule has 0 atom stereocenters. The zero-order valence-electron chi connectivity index (χ0n) is 17.3. The summed E-state index contributed by atoms with van der Waals surface area (Å²) in [5, 5.41) is 5.14. The van der Waals surface area contributed by atoms with Gasteiger partial charge >= 0.3 is 6.09 Å². The Labute approximate surface area is 175 Å². The van der Waals surface area contributed by atoms with Crippen LogP contribution in [0, 0.1) is 0 Å². The highest BCUT2D eigenvalue weighted by Crippen LogP contribution is 2.17. The van der Waals surface area contributed by atoms with Crippen LogP contribution in [-0.2, 0) is 22.7 Å². The van der Waals surface area contributed by atoms with E-state index in [1.165, 1.54) is 0 Å². The maximum absolute atomic E-state index is 12.1. The molecule has 2 aromatic rings. The molecule has 0 saturated carbocycles. The Bertz CT molecular complexity index is 855. The predicted molar refractivity (Wildman–Crippen MR) is 112 cm³/mol. The van der Waals surface area contributed by atoms with Crippen molar-refractivity contribution in [3.05, 3.63) is 41.7 Å². The molecule has 1 saturated heterocycles. The zero-order chi connectivity index (χ0) is 21.3. The topological polar surface area (TPSA) is 113 Å². The van der Waals surface area contributed by atoms with Crippen molar-refractivity contribution in [2.24, 2.45) is 0 Å². The summed E-state index contributed by atoms with van der Waals surface area (Å²) in [6, 6.07) is 9.32. The van der Waals surface area contributed by atoms with Crippen LogP contribution in [0.4, 0.5) is 16.7 Å². The first-order chi connectivity index (χ1) is 14.5. The lowest BCUT2D eigenvalue weighted by atomic mass is 10.2. The first-order valence-corrected chi connectivity index (χ1v) is 9.90. The number of nitrogens with one attached hydrogen (secondary N) is 2. The molecule has 0 aliphatic carbocycles. The molecule has 0 unspecified atom stereocenters. The number of carbonyl (C=O) groups is 2. The Hall–Kier alpha value is -3.43. The fourth-order valence-electron chi connectivity index (χ4n) is 2.90. The van der Waals surface area contributed by atoms with E-state index in [9.17, 15) is 9.59 Å². The van der Waals surface area contributed by atoms with Crippen molar-refractivity contribution in [2.75, 3.05) is 43.5 Å². The number of benzene rings is 1. The van der Waals surface area contributed by atoms with Gasteiger partial charge < -0.3 is 25.2 Å². The third-order valence-corrected chi connectivity index (χ3v) is 4.50.